The van der Waals surface area contributed by atoms with Crippen molar-refractivity contribution < 1.29 is 13.2 Å². The summed E-state index contributed by atoms with van der Waals surface area (Å²) in [7, 11) is -3.31. The lowest BCUT2D eigenvalue weighted by Crippen LogP contribution is -2.55. The minimum atomic E-state index is -3.31. The molecule has 140 valence electrons. The van der Waals surface area contributed by atoms with Crippen molar-refractivity contribution >= 4 is 27.7 Å². The van der Waals surface area contributed by atoms with Crippen LogP contribution in [0, 0.1) is 0 Å². The van der Waals surface area contributed by atoms with E-state index in [-0.39, 0.29) is 18.2 Å². The van der Waals surface area contributed by atoms with Crippen LogP contribution >= 0.6 is 11.8 Å². The highest BCUT2D eigenvalue weighted by molar-refractivity contribution is 7.99. The Morgan fingerprint density at radius 1 is 1.28 bits per heavy atom. The maximum atomic E-state index is 12.9. The van der Waals surface area contributed by atoms with Gasteiger partial charge < -0.3 is 10.6 Å². The molecule has 0 unspecified atom stereocenters. The number of carbonyl (C=O) groups excluding carboxylic acids is 1. The SMILES string of the molecule is O=C(NCCS(=O)(=O)N1CCSCC1)C1(n2cccn2)CCNCC1. The molecule has 1 aromatic rings. The van der Waals surface area contributed by atoms with E-state index in [0.717, 1.165) is 24.6 Å². The van der Waals surface area contributed by atoms with Gasteiger partial charge in [-0.25, -0.2) is 12.7 Å². The molecule has 10 heteroatoms. The van der Waals surface area contributed by atoms with Crippen molar-refractivity contribution in [2.24, 2.45) is 0 Å². The van der Waals surface area contributed by atoms with Gasteiger partial charge in [0.15, 0.2) is 0 Å². The Balaban J connectivity index is 1.60. The zero-order valence-corrected chi connectivity index (χ0v) is 15.8. The zero-order valence-electron chi connectivity index (χ0n) is 14.2. The Kier molecular flexibility index (Phi) is 6.03. The molecule has 2 aliphatic heterocycles. The molecule has 0 atom stereocenters. The quantitative estimate of drug-likeness (QED) is 0.680. The summed E-state index contributed by atoms with van der Waals surface area (Å²) in [4.78, 5) is 12.9. The van der Waals surface area contributed by atoms with Gasteiger partial charge in [-0.2, -0.15) is 16.9 Å². The first-order valence-electron chi connectivity index (χ1n) is 8.59. The molecule has 3 heterocycles. The first kappa shape index (κ1) is 18.7. The fourth-order valence-corrected chi connectivity index (χ4v) is 5.83. The fraction of sp³-hybridized carbons (Fsp3) is 0.733. The molecule has 2 fully saturated rings. The summed E-state index contributed by atoms with van der Waals surface area (Å²) in [5.41, 5.74) is -0.736. The van der Waals surface area contributed by atoms with Crippen LogP contribution in [0.1, 0.15) is 12.8 Å². The summed E-state index contributed by atoms with van der Waals surface area (Å²) in [5, 5.41) is 10.4. The number of carbonyl (C=O) groups is 1. The van der Waals surface area contributed by atoms with Gasteiger partial charge in [-0.05, 0) is 32.0 Å². The molecule has 2 saturated heterocycles. The Morgan fingerprint density at radius 3 is 2.64 bits per heavy atom. The minimum Gasteiger partial charge on any atom is -0.353 e. The minimum absolute atomic E-state index is 0.0587. The van der Waals surface area contributed by atoms with Crippen molar-refractivity contribution in [3.63, 3.8) is 0 Å². The van der Waals surface area contributed by atoms with Gasteiger partial charge in [0.2, 0.25) is 15.9 Å². The normalized spacial score (nSPS) is 21.8. The first-order chi connectivity index (χ1) is 12.0. The lowest BCUT2D eigenvalue weighted by molar-refractivity contribution is -0.131. The predicted octanol–water partition coefficient (Wildman–Crippen LogP) is -0.543. The molecule has 0 aromatic carbocycles. The first-order valence-corrected chi connectivity index (χ1v) is 11.4. The molecule has 3 rings (SSSR count). The van der Waals surface area contributed by atoms with Gasteiger partial charge in [0, 0.05) is 43.5 Å². The molecule has 1 aromatic heterocycles. The van der Waals surface area contributed by atoms with Crippen molar-refractivity contribution in [1.29, 1.82) is 0 Å². The summed E-state index contributed by atoms with van der Waals surface area (Å²) < 4.78 is 28.0. The molecule has 0 aliphatic carbocycles. The number of piperidine rings is 1. The number of hydrogen-bond acceptors (Lipinski definition) is 6. The van der Waals surface area contributed by atoms with Crippen molar-refractivity contribution in [1.82, 2.24) is 24.7 Å². The number of hydrogen-bond donors (Lipinski definition) is 2. The van der Waals surface area contributed by atoms with Crippen molar-refractivity contribution in [3.8, 4) is 0 Å². The standard InChI is InChI=1S/C15H25N5O3S2/c21-14(15(2-5-16-6-3-15)20-8-1-4-18-20)17-7-13-25(22,23)19-9-11-24-12-10-19/h1,4,8,16H,2-3,5-7,9-13H2,(H,17,21). The Hall–Kier alpha value is -1.10. The summed E-state index contributed by atoms with van der Waals surface area (Å²) >= 11 is 1.77. The molecular formula is C15H25N5O3S2. The molecule has 8 nitrogen and oxygen atoms in total. The third-order valence-electron chi connectivity index (χ3n) is 4.81. The number of thioether (sulfide) groups is 1. The van der Waals surface area contributed by atoms with E-state index in [0.29, 0.717) is 25.9 Å². The summed E-state index contributed by atoms with van der Waals surface area (Å²) in [6, 6.07) is 1.80. The van der Waals surface area contributed by atoms with E-state index in [2.05, 4.69) is 15.7 Å². The molecule has 25 heavy (non-hydrogen) atoms. The molecule has 2 N–H and O–H groups in total. The molecule has 0 spiro atoms. The second-order valence-electron chi connectivity index (χ2n) is 6.32. The van der Waals surface area contributed by atoms with E-state index < -0.39 is 15.6 Å². The van der Waals surface area contributed by atoms with E-state index >= 15 is 0 Å². The number of sulfonamides is 1. The van der Waals surface area contributed by atoms with E-state index in [1.54, 1.807) is 34.9 Å². The topological polar surface area (TPSA) is 96.3 Å². The van der Waals surface area contributed by atoms with Gasteiger partial charge in [-0.15, -0.1) is 0 Å². The number of amides is 1. The number of nitrogens with zero attached hydrogens (tertiary/aromatic N) is 3. The Labute approximate surface area is 152 Å². The van der Waals surface area contributed by atoms with E-state index in [4.69, 9.17) is 0 Å². The van der Waals surface area contributed by atoms with Crippen molar-refractivity contribution in [2.45, 2.75) is 18.4 Å². The van der Waals surface area contributed by atoms with Crippen LogP contribution < -0.4 is 10.6 Å². The molecule has 2 aliphatic rings. The van der Waals surface area contributed by atoms with Crippen LogP contribution in [0.3, 0.4) is 0 Å². The smallest absolute Gasteiger partial charge is 0.248 e. The van der Waals surface area contributed by atoms with E-state index in [1.165, 1.54) is 4.31 Å². The third-order valence-corrected chi connectivity index (χ3v) is 7.62. The maximum absolute atomic E-state index is 12.9. The largest absolute Gasteiger partial charge is 0.353 e. The van der Waals surface area contributed by atoms with Gasteiger partial charge in [-0.3, -0.25) is 9.48 Å². The fourth-order valence-electron chi connectivity index (χ4n) is 3.33. The Bertz CT molecular complexity index is 665. The lowest BCUT2D eigenvalue weighted by atomic mass is 9.87. The van der Waals surface area contributed by atoms with Crippen LogP contribution in [0.25, 0.3) is 0 Å². The van der Waals surface area contributed by atoms with Crippen LogP contribution in [0.4, 0.5) is 0 Å². The molecule has 1 amide bonds. The average Bonchev–Trinajstić information content (AvgIpc) is 3.18. The highest BCUT2D eigenvalue weighted by atomic mass is 32.2. The summed E-state index contributed by atoms with van der Waals surface area (Å²) in [6.45, 7) is 2.71. The molecular weight excluding hydrogens is 362 g/mol. The molecule has 0 bridgehead atoms. The predicted molar refractivity (Wildman–Crippen MR) is 98.0 cm³/mol. The summed E-state index contributed by atoms with van der Waals surface area (Å²) in [6.07, 6.45) is 4.73. The van der Waals surface area contributed by atoms with Crippen LogP contribution in [0.2, 0.25) is 0 Å². The zero-order chi connectivity index (χ0) is 17.8. The second-order valence-corrected chi connectivity index (χ2v) is 9.63. The van der Waals surface area contributed by atoms with Crippen LogP contribution in [-0.4, -0.2) is 78.4 Å². The highest BCUT2D eigenvalue weighted by Crippen LogP contribution is 2.27. The van der Waals surface area contributed by atoms with Gasteiger partial charge in [0.25, 0.3) is 0 Å². The van der Waals surface area contributed by atoms with Gasteiger partial charge in [0.1, 0.15) is 5.54 Å². The second kappa shape index (κ2) is 8.07. The van der Waals surface area contributed by atoms with Crippen LogP contribution in [0.5, 0.6) is 0 Å². The highest BCUT2D eigenvalue weighted by Gasteiger charge is 2.41. The van der Waals surface area contributed by atoms with Crippen molar-refractivity contribution in [3.05, 3.63) is 18.5 Å². The van der Waals surface area contributed by atoms with Crippen LogP contribution in [0.15, 0.2) is 18.5 Å². The average molecular weight is 388 g/mol. The molecule has 0 saturated carbocycles. The molecule has 0 radical (unpaired) electrons. The lowest BCUT2D eigenvalue weighted by Gasteiger charge is -2.36. The monoisotopic (exact) mass is 387 g/mol. The number of aromatic nitrogens is 2. The maximum Gasteiger partial charge on any atom is 0.248 e. The third kappa shape index (κ3) is 4.18. The number of rotatable bonds is 6. The van der Waals surface area contributed by atoms with Gasteiger partial charge >= 0.3 is 0 Å². The number of nitrogens with one attached hydrogen (secondary N) is 2. The van der Waals surface area contributed by atoms with Gasteiger partial charge in [-0.1, -0.05) is 0 Å². The summed E-state index contributed by atoms with van der Waals surface area (Å²) in [5.74, 6) is 1.46. The van der Waals surface area contributed by atoms with Crippen molar-refractivity contribution in [2.75, 3.05) is 50.0 Å². The Morgan fingerprint density at radius 2 is 2.00 bits per heavy atom. The van der Waals surface area contributed by atoms with E-state index in [1.807, 2.05) is 0 Å². The van der Waals surface area contributed by atoms with Gasteiger partial charge in [0.05, 0.1) is 5.75 Å². The van der Waals surface area contributed by atoms with E-state index in [9.17, 15) is 13.2 Å². The van der Waals surface area contributed by atoms with Crippen LogP contribution in [-0.2, 0) is 20.4 Å².